The van der Waals surface area contributed by atoms with Crippen LogP contribution in [0.15, 0.2) is 47.6 Å². The van der Waals surface area contributed by atoms with E-state index >= 15 is 0 Å². The molecule has 134 valence electrons. The molecule has 0 radical (unpaired) electrons. The maximum atomic E-state index is 12.6. The van der Waals surface area contributed by atoms with Gasteiger partial charge in [-0.15, -0.1) is 0 Å². The molecule has 0 bridgehead atoms. The van der Waals surface area contributed by atoms with Crippen LogP contribution in [-0.4, -0.2) is 50.1 Å². The molecule has 0 amide bonds. The molecular weight excluding hydrogens is 348 g/mol. The number of rotatable bonds is 6. The van der Waals surface area contributed by atoms with Gasteiger partial charge in [-0.3, -0.25) is 14.4 Å². The second-order valence-electron chi connectivity index (χ2n) is 5.43. The molecule has 9 nitrogen and oxygen atoms in total. The van der Waals surface area contributed by atoms with E-state index in [2.05, 4.69) is 0 Å². The van der Waals surface area contributed by atoms with Crippen molar-refractivity contribution in [1.29, 1.82) is 0 Å². The molecule has 0 aliphatic heterocycles. The normalized spacial score (nSPS) is 15.4. The van der Waals surface area contributed by atoms with Crippen LogP contribution in [0.1, 0.15) is 27.1 Å². The molecule has 4 N–H and O–H groups in total. The molecule has 1 aromatic carbocycles. The lowest BCUT2D eigenvalue weighted by atomic mass is 9.71. The van der Waals surface area contributed by atoms with Crippen LogP contribution in [-0.2, 0) is 14.4 Å². The molecule has 0 heterocycles. The van der Waals surface area contributed by atoms with E-state index in [0.717, 1.165) is 36.4 Å². The van der Waals surface area contributed by atoms with Gasteiger partial charge in [0.25, 0.3) is 0 Å². The van der Waals surface area contributed by atoms with Gasteiger partial charge < -0.3 is 20.4 Å². The number of hydrogen-bond acceptors (Lipinski definition) is 5. The largest absolute Gasteiger partial charge is 0.480 e. The summed E-state index contributed by atoms with van der Waals surface area (Å²) in [4.78, 5) is 58.2. The van der Waals surface area contributed by atoms with E-state index in [-0.39, 0.29) is 11.1 Å². The van der Waals surface area contributed by atoms with Crippen molar-refractivity contribution in [1.82, 2.24) is 0 Å². The van der Waals surface area contributed by atoms with Crippen molar-refractivity contribution in [2.24, 2.45) is 5.41 Å². The van der Waals surface area contributed by atoms with Crippen LogP contribution in [0, 0.1) is 5.41 Å². The number of aromatic carboxylic acids is 1. The van der Waals surface area contributed by atoms with Crippen molar-refractivity contribution < 1.29 is 44.4 Å². The summed E-state index contributed by atoms with van der Waals surface area (Å²) in [6.07, 6.45) is 1.53. The number of ketones is 1. The van der Waals surface area contributed by atoms with Crippen molar-refractivity contribution >= 4 is 29.7 Å². The first kappa shape index (κ1) is 18.6. The summed E-state index contributed by atoms with van der Waals surface area (Å²) >= 11 is 0. The van der Waals surface area contributed by atoms with Gasteiger partial charge in [0.05, 0.1) is 11.1 Å². The first-order valence-corrected chi connectivity index (χ1v) is 7.12. The highest BCUT2D eigenvalue weighted by atomic mass is 16.4. The molecule has 0 spiro atoms. The minimum atomic E-state index is -2.80. The lowest BCUT2D eigenvalue weighted by molar-refractivity contribution is -0.164. The van der Waals surface area contributed by atoms with Crippen molar-refractivity contribution in [2.75, 3.05) is 0 Å². The third-order valence-corrected chi connectivity index (χ3v) is 3.99. The Bertz CT molecular complexity index is 873. The molecule has 0 fully saturated rings. The van der Waals surface area contributed by atoms with Gasteiger partial charge in [0, 0.05) is 11.1 Å². The Morgan fingerprint density at radius 1 is 0.769 bits per heavy atom. The van der Waals surface area contributed by atoms with Crippen LogP contribution < -0.4 is 0 Å². The summed E-state index contributed by atoms with van der Waals surface area (Å²) in [5.41, 5.74) is -4.66. The zero-order valence-corrected chi connectivity index (χ0v) is 13.0. The second-order valence-corrected chi connectivity index (χ2v) is 5.43. The van der Waals surface area contributed by atoms with Gasteiger partial charge in [0.1, 0.15) is 0 Å². The third-order valence-electron chi connectivity index (χ3n) is 3.99. The Morgan fingerprint density at radius 2 is 1.27 bits per heavy atom. The van der Waals surface area contributed by atoms with E-state index < -0.39 is 52.6 Å². The molecule has 0 unspecified atom stereocenters. The molecular formula is C17H12O9. The monoisotopic (exact) mass is 360 g/mol. The van der Waals surface area contributed by atoms with Crippen LogP contribution in [0.2, 0.25) is 0 Å². The van der Waals surface area contributed by atoms with E-state index in [1.165, 1.54) is 0 Å². The van der Waals surface area contributed by atoms with Crippen molar-refractivity contribution in [2.45, 2.75) is 6.42 Å². The highest BCUT2D eigenvalue weighted by Crippen LogP contribution is 2.39. The van der Waals surface area contributed by atoms with E-state index in [1.807, 2.05) is 0 Å². The Morgan fingerprint density at radius 3 is 1.69 bits per heavy atom. The Balaban J connectivity index is 2.66. The maximum Gasteiger partial charge on any atom is 0.335 e. The minimum absolute atomic E-state index is 0.111. The van der Waals surface area contributed by atoms with Gasteiger partial charge in [0.15, 0.2) is 5.78 Å². The summed E-state index contributed by atoms with van der Waals surface area (Å²) in [6.45, 7) is 0. The van der Waals surface area contributed by atoms with Gasteiger partial charge >= 0.3 is 23.9 Å². The van der Waals surface area contributed by atoms with Gasteiger partial charge in [0.2, 0.25) is 5.41 Å². The molecule has 9 heteroatoms. The van der Waals surface area contributed by atoms with Gasteiger partial charge in [-0.25, -0.2) is 9.59 Å². The Hall–Kier alpha value is -3.75. The molecule has 0 aromatic heterocycles. The standard InChI is InChI=1S/C17H12O9/c18-12(8-3-5-9(6-4-8)13(19)20)10-2-1-7-17(15(23)24,16(25)26)11(10)14(21)22/h1-6H,7H2,(H,19,20)(H,21,22)(H,23,24)(H,25,26). The maximum absolute atomic E-state index is 12.6. The van der Waals surface area contributed by atoms with Crippen LogP contribution >= 0.6 is 0 Å². The van der Waals surface area contributed by atoms with Crippen LogP contribution in [0.3, 0.4) is 0 Å². The number of carboxylic acids is 4. The van der Waals surface area contributed by atoms with Crippen molar-refractivity contribution in [3.05, 3.63) is 58.7 Å². The van der Waals surface area contributed by atoms with Gasteiger partial charge in [-0.1, -0.05) is 24.3 Å². The molecule has 0 saturated carbocycles. The number of carbonyl (C=O) groups is 5. The molecule has 1 aromatic rings. The summed E-state index contributed by atoms with van der Waals surface area (Å²) in [7, 11) is 0. The number of hydrogen-bond donors (Lipinski definition) is 4. The van der Waals surface area contributed by atoms with Crippen LogP contribution in [0.4, 0.5) is 0 Å². The second kappa shape index (κ2) is 6.63. The first-order chi connectivity index (χ1) is 12.1. The van der Waals surface area contributed by atoms with E-state index in [9.17, 15) is 39.3 Å². The quantitative estimate of drug-likeness (QED) is 0.428. The van der Waals surface area contributed by atoms with Crippen molar-refractivity contribution in [3.8, 4) is 0 Å². The fourth-order valence-corrected chi connectivity index (χ4v) is 2.66. The molecule has 1 aliphatic carbocycles. The lowest BCUT2D eigenvalue weighted by Gasteiger charge is -2.28. The molecule has 0 saturated heterocycles. The molecule has 26 heavy (non-hydrogen) atoms. The zero-order chi connectivity index (χ0) is 19.6. The van der Waals surface area contributed by atoms with Crippen LogP contribution in [0.25, 0.3) is 0 Å². The average molecular weight is 360 g/mol. The highest BCUT2D eigenvalue weighted by molar-refractivity contribution is 6.20. The first-order valence-electron chi connectivity index (χ1n) is 7.12. The summed E-state index contributed by atoms with van der Waals surface area (Å²) in [6, 6.07) is 4.49. The summed E-state index contributed by atoms with van der Waals surface area (Å²) in [5, 5.41) is 37.0. The smallest absolute Gasteiger partial charge is 0.335 e. The number of Topliss-reactive ketones (excluding diaryl/α,β-unsaturated/α-hetero) is 1. The molecule has 1 aliphatic rings. The Kier molecular flexibility index (Phi) is 4.74. The van der Waals surface area contributed by atoms with E-state index in [0.29, 0.717) is 0 Å². The van der Waals surface area contributed by atoms with Crippen LogP contribution in [0.5, 0.6) is 0 Å². The van der Waals surface area contributed by atoms with Gasteiger partial charge in [-0.05, 0) is 18.6 Å². The molecule has 0 atom stereocenters. The van der Waals surface area contributed by atoms with E-state index in [4.69, 9.17) is 5.11 Å². The predicted octanol–water partition coefficient (Wildman–Crippen LogP) is 1.06. The number of aliphatic carboxylic acids is 3. The summed E-state index contributed by atoms with van der Waals surface area (Å²) in [5.74, 6) is -7.81. The summed E-state index contributed by atoms with van der Waals surface area (Å²) < 4.78 is 0. The highest BCUT2D eigenvalue weighted by Gasteiger charge is 2.55. The van der Waals surface area contributed by atoms with Gasteiger partial charge in [-0.2, -0.15) is 0 Å². The minimum Gasteiger partial charge on any atom is -0.480 e. The number of carboxylic acid groups (broad SMARTS) is 4. The third kappa shape index (κ3) is 2.86. The average Bonchev–Trinajstić information content (AvgIpc) is 2.59. The topological polar surface area (TPSA) is 166 Å². The zero-order valence-electron chi connectivity index (χ0n) is 13.0. The van der Waals surface area contributed by atoms with Crippen molar-refractivity contribution in [3.63, 3.8) is 0 Å². The number of allylic oxidation sites excluding steroid dienone is 3. The fraction of sp³-hybridized carbons (Fsp3) is 0.118. The number of benzene rings is 1. The molecule has 2 rings (SSSR count). The predicted molar refractivity (Wildman–Crippen MR) is 83.9 cm³/mol. The fourth-order valence-electron chi connectivity index (χ4n) is 2.66. The van der Waals surface area contributed by atoms with E-state index in [1.54, 1.807) is 0 Å². The number of carbonyl (C=O) groups excluding carboxylic acids is 1. The Labute approximate surface area is 145 Å². The lowest BCUT2D eigenvalue weighted by Crippen LogP contribution is -2.45. The SMILES string of the molecule is O=C(O)C1=C(C(=O)c2ccc(C(=O)O)cc2)C=CCC1(C(=O)O)C(=O)O.